The van der Waals surface area contributed by atoms with Crippen molar-refractivity contribution in [2.24, 2.45) is 17.8 Å². The van der Waals surface area contributed by atoms with Crippen LogP contribution in [0, 0.1) is 17.8 Å². The Morgan fingerprint density at radius 2 is 2.07 bits per heavy atom. The molecule has 14 heavy (non-hydrogen) atoms. The molecule has 1 aliphatic carbocycles. The van der Waals surface area contributed by atoms with Crippen LogP contribution >= 0.6 is 0 Å². The van der Waals surface area contributed by atoms with Crippen LogP contribution in [-0.4, -0.2) is 23.4 Å². The van der Waals surface area contributed by atoms with Gasteiger partial charge in [0.05, 0.1) is 0 Å². The molecule has 1 saturated carbocycles. The first-order valence-corrected chi connectivity index (χ1v) is 5.95. The zero-order valence-corrected chi connectivity index (χ0v) is 9.49. The molecule has 2 nitrogen and oxygen atoms in total. The van der Waals surface area contributed by atoms with E-state index in [1.54, 1.807) is 0 Å². The fourth-order valence-electron chi connectivity index (χ4n) is 3.33. The van der Waals surface area contributed by atoms with E-state index in [1.807, 2.05) is 0 Å². The summed E-state index contributed by atoms with van der Waals surface area (Å²) in [5, 5.41) is 0. The number of nitrogens with zero attached hydrogens (tertiary/aromatic N) is 1. The van der Waals surface area contributed by atoms with Crippen molar-refractivity contribution in [1.82, 2.24) is 4.90 Å². The van der Waals surface area contributed by atoms with Crippen LogP contribution in [0.2, 0.25) is 0 Å². The Morgan fingerprint density at radius 3 is 2.71 bits per heavy atom. The van der Waals surface area contributed by atoms with E-state index in [-0.39, 0.29) is 5.92 Å². The topological polar surface area (TPSA) is 20.3 Å². The van der Waals surface area contributed by atoms with Crippen LogP contribution in [0.4, 0.5) is 0 Å². The van der Waals surface area contributed by atoms with Crippen molar-refractivity contribution in [1.29, 1.82) is 0 Å². The van der Waals surface area contributed by atoms with Gasteiger partial charge in [-0.25, -0.2) is 0 Å². The standard InChI is InChI=1S/C12H21NO/c1-4-13-11-6-5-8(2)7-10(11)9(3)12(13)14/h8-11H,4-7H2,1-3H3. The smallest absolute Gasteiger partial charge is 0.226 e. The highest BCUT2D eigenvalue weighted by Crippen LogP contribution is 2.42. The lowest BCUT2D eigenvalue weighted by Gasteiger charge is -2.34. The molecule has 2 fully saturated rings. The average molecular weight is 195 g/mol. The summed E-state index contributed by atoms with van der Waals surface area (Å²) in [5.41, 5.74) is 0. The third kappa shape index (κ3) is 1.35. The zero-order chi connectivity index (χ0) is 10.3. The van der Waals surface area contributed by atoms with E-state index < -0.39 is 0 Å². The lowest BCUT2D eigenvalue weighted by Crippen LogP contribution is -2.37. The van der Waals surface area contributed by atoms with Gasteiger partial charge in [-0.3, -0.25) is 4.79 Å². The first-order valence-electron chi connectivity index (χ1n) is 5.95. The lowest BCUT2D eigenvalue weighted by molar-refractivity contribution is -0.131. The first-order chi connectivity index (χ1) is 6.65. The second-order valence-electron chi connectivity index (χ2n) is 5.06. The third-order valence-corrected chi connectivity index (χ3v) is 4.18. The quantitative estimate of drug-likeness (QED) is 0.628. The van der Waals surface area contributed by atoms with Gasteiger partial charge in [-0.2, -0.15) is 0 Å². The fourth-order valence-corrected chi connectivity index (χ4v) is 3.33. The van der Waals surface area contributed by atoms with Crippen molar-refractivity contribution in [2.75, 3.05) is 6.54 Å². The molecule has 0 spiro atoms. The third-order valence-electron chi connectivity index (χ3n) is 4.18. The Labute approximate surface area is 86.7 Å². The molecular weight excluding hydrogens is 174 g/mol. The Kier molecular flexibility index (Phi) is 2.54. The number of carbonyl (C=O) groups is 1. The van der Waals surface area contributed by atoms with Crippen LogP contribution in [-0.2, 0) is 4.79 Å². The summed E-state index contributed by atoms with van der Waals surface area (Å²) < 4.78 is 0. The van der Waals surface area contributed by atoms with Crippen molar-refractivity contribution in [3.8, 4) is 0 Å². The number of carbonyl (C=O) groups excluding carboxylic acids is 1. The average Bonchev–Trinajstić information content (AvgIpc) is 2.41. The predicted molar refractivity (Wildman–Crippen MR) is 56.8 cm³/mol. The van der Waals surface area contributed by atoms with Crippen molar-refractivity contribution >= 4 is 5.91 Å². The lowest BCUT2D eigenvalue weighted by atomic mass is 9.76. The molecule has 1 aliphatic heterocycles. The van der Waals surface area contributed by atoms with E-state index >= 15 is 0 Å². The van der Waals surface area contributed by atoms with Gasteiger partial charge in [0.15, 0.2) is 0 Å². The molecule has 0 aromatic rings. The van der Waals surface area contributed by atoms with Crippen molar-refractivity contribution < 1.29 is 4.79 Å². The van der Waals surface area contributed by atoms with E-state index in [0.29, 0.717) is 17.9 Å². The van der Waals surface area contributed by atoms with Gasteiger partial charge in [-0.05, 0) is 38.0 Å². The molecule has 0 aromatic carbocycles. The maximum atomic E-state index is 11.9. The normalized spacial score (nSPS) is 42.8. The summed E-state index contributed by atoms with van der Waals surface area (Å²) in [5.74, 6) is 2.15. The minimum Gasteiger partial charge on any atom is -0.339 e. The van der Waals surface area contributed by atoms with Gasteiger partial charge in [0.1, 0.15) is 0 Å². The van der Waals surface area contributed by atoms with Crippen LogP contribution in [0.1, 0.15) is 40.0 Å². The van der Waals surface area contributed by atoms with Gasteiger partial charge in [0, 0.05) is 18.5 Å². The molecule has 4 atom stereocenters. The number of amides is 1. The van der Waals surface area contributed by atoms with Gasteiger partial charge in [0.25, 0.3) is 0 Å². The van der Waals surface area contributed by atoms with Gasteiger partial charge >= 0.3 is 0 Å². The molecule has 0 aromatic heterocycles. The van der Waals surface area contributed by atoms with Gasteiger partial charge in [-0.15, -0.1) is 0 Å². The molecule has 1 heterocycles. The van der Waals surface area contributed by atoms with Crippen LogP contribution in [0.25, 0.3) is 0 Å². The summed E-state index contributed by atoms with van der Waals surface area (Å²) in [7, 11) is 0. The minimum atomic E-state index is 0.280. The van der Waals surface area contributed by atoms with Crippen LogP contribution in [0.5, 0.6) is 0 Å². The molecule has 0 N–H and O–H groups in total. The van der Waals surface area contributed by atoms with Crippen LogP contribution in [0.15, 0.2) is 0 Å². The minimum absolute atomic E-state index is 0.280. The highest BCUT2D eigenvalue weighted by Gasteiger charge is 2.46. The molecule has 80 valence electrons. The Morgan fingerprint density at radius 1 is 1.36 bits per heavy atom. The molecule has 2 rings (SSSR count). The SMILES string of the molecule is CCN1C(=O)C(C)C2CC(C)CCC21. The largest absolute Gasteiger partial charge is 0.339 e. The highest BCUT2D eigenvalue weighted by molar-refractivity contribution is 5.81. The van der Waals surface area contributed by atoms with E-state index in [0.717, 1.165) is 12.5 Å². The van der Waals surface area contributed by atoms with Gasteiger partial charge < -0.3 is 4.90 Å². The fraction of sp³-hybridized carbons (Fsp3) is 0.917. The van der Waals surface area contributed by atoms with Crippen molar-refractivity contribution in [3.05, 3.63) is 0 Å². The molecule has 4 unspecified atom stereocenters. The second-order valence-corrected chi connectivity index (χ2v) is 5.06. The summed E-state index contributed by atoms with van der Waals surface area (Å²) in [6.07, 6.45) is 3.79. The van der Waals surface area contributed by atoms with Gasteiger partial charge in [0.2, 0.25) is 5.91 Å². The van der Waals surface area contributed by atoms with E-state index in [4.69, 9.17) is 0 Å². The summed E-state index contributed by atoms with van der Waals surface area (Å²) in [4.78, 5) is 14.0. The molecule has 1 amide bonds. The molecule has 2 aliphatic rings. The van der Waals surface area contributed by atoms with Crippen LogP contribution < -0.4 is 0 Å². The number of hydrogen-bond donors (Lipinski definition) is 0. The van der Waals surface area contributed by atoms with Crippen LogP contribution in [0.3, 0.4) is 0 Å². The van der Waals surface area contributed by atoms with Gasteiger partial charge in [-0.1, -0.05) is 13.8 Å². The molecule has 1 saturated heterocycles. The van der Waals surface area contributed by atoms with Crippen molar-refractivity contribution in [3.63, 3.8) is 0 Å². The summed E-state index contributed by atoms with van der Waals surface area (Å²) >= 11 is 0. The summed E-state index contributed by atoms with van der Waals surface area (Å²) in [6, 6.07) is 0.568. The van der Waals surface area contributed by atoms with E-state index in [1.165, 1.54) is 19.3 Å². The maximum Gasteiger partial charge on any atom is 0.226 e. The molecule has 2 heteroatoms. The Hall–Kier alpha value is -0.530. The number of fused-ring (bicyclic) bond motifs is 1. The zero-order valence-electron chi connectivity index (χ0n) is 9.49. The maximum absolute atomic E-state index is 11.9. The number of hydrogen-bond acceptors (Lipinski definition) is 1. The van der Waals surface area contributed by atoms with E-state index in [2.05, 4.69) is 25.7 Å². The van der Waals surface area contributed by atoms with E-state index in [9.17, 15) is 4.79 Å². The molecular formula is C12H21NO. The molecule has 0 bridgehead atoms. The van der Waals surface area contributed by atoms with Crippen molar-refractivity contribution in [2.45, 2.75) is 46.1 Å². The highest BCUT2D eigenvalue weighted by atomic mass is 16.2. The monoisotopic (exact) mass is 195 g/mol. The molecule has 0 radical (unpaired) electrons. The second kappa shape index (κ2) is 3.56. The predicted octanol–water partition coefficient (Wildman–Crippen LogP) is 2.29. The Balaban J connectivity index is 2.17. The number of rotatable bonds is 1. The Bertz CT molecular complexity index is 238. The summed E-state index contributed by atoms with van der Waals surface area (Å²) in [6.45, 7) is 7.44. The first kappa shape index (κ1) is 10.0. The number of likely N-dealkylation sites (tertiary alicyclic amines) is 1.